The minimum atomic E-state index is -2.87. The molecule has 0 unspecified atom stereocenters. The fourth-order valence-electron chi connectivity index (χ4n) is 0.765. The van der Waals surface area contributed by atoms with Crippen molar-refractivity contribution in [3.8, 4) is 6.01 Å². The van der Waals surface area contributed by atoms with E-state index in [9.17, 15) is 8.78 Å². The molecular weight excluding hydrogens is 178 g/mol. The molecule has 0 amide bonds. The van der Waals surface area contributed by atoms with E-state index in [-0.39, 0.29) is 11.9 Å². The van der Waals surface area contributed by atoms with Crippen molar-refractivity contribution in [2.24, 2.45) is 0 Å². The van der Waals surface area contributed by atoms with Crippen molar-refractivity contribution in [3.05, 3.63) is 18.0 Å². The van der Waals surface area contributed by atoms with Crippen molar-refractivity contribution in [1.29, 1.82) is 0 Å². The van der Waals surface area contributed by atoms with Crippen LogP contribution in [0.5, 0.6) is 6.01 Å². The Morgan fingerprint density at radius 3 is 2.15 bits per heavy atom. The molecule has 1 heterocycles. The Morgan fingerprint density at radius 1 is 1.23 bits per heavy atom. The van der Waals surface area contributed by atoms with Crippen LogP contribution in [0.15, 0.2) is 12.4 Å². The summed E-state index contributed by atoms with van der Waals surface area (Å²) in [5.41, 5.74) is 0.890. The molecule has 1 aromatic heterocycles. The predicted molar refractivity (Wildman–Crippen MR) is 42.8 cm³/mol. The second-order valence-corrected chi connectivity index (χ2v) is 2.83. The minimum absolute atomic E-state index is 0.278. The zero-order valence-corrected chi connectivity index (χ0v) is 7.37. The van der Waals surface area contributed by atoms with E-state index in [2.05, 4.69) is 14.7 Å². The molecule has 0 aliphatic carbocycles. The zero-order chi connectivity index (χ0) is 9.84. The molecule has 0 N–H and O–H groups in total. The van der Waals surface area contributed by atoms with Gasteiger partial charge in [0.25, 0.3) is 0 Å². The lowest BCUT2D eigenvalue weighted by Crippen LogP contribution is -2.05. The highest BCUT2D eigenvalue weighted by Crippen LogP contribution is 2.13. The Hall–Kier alpha value is -1.26. The maximum atomic E-state index is 11.7. The normalized spacial score (nSPS) is 10.9. The van der Waals surface area contributed by atoms with Gasteiger partial charge in [0.05, 0.1) is 0 Å². The number of hydrogen-bond donors (Lipinski definition) is 0. The molecule has 0 aliphatic rings. The summed E-state index contributed by atoms with van der Waals surface area (Å²) >= 11 is 0. The zero-order valence-electron chi connectivity index (χ0n) is 7.37. The Balaban J connectivity index is 2.70. The van der Waals surface area contributed by atoms with Crippen molar-refractivity contribution in [2.75, 3.05) is 0 Å². The van der Waals surface area contributed by atoms with Crippen LogP contribution in [0.1, 0.15) is 25.3 Å². The number of rotatable bonds is 3. The molecule has 0 fully saturated rings. The van der Waals surface area contributed by atoms with Gasteiger partial charge in [-0.1, -0.05) is 13.8 Å². The molecule has 1 aromatic rings. The molecule has 0 saturated carbocycles. The van der Waals surface area contributed by atoms with Gasteiger partial charge in [-0.15, -0.1) is 0 Å². The smallest absolute Gasteiger partial charge is 0.389 e. The number of aromatic nitrogens is 2. The van der Waals surface area contributed by atoms with Crippen LogP contribution < -0.4 is 4.74 Å². The Morgan fingerprint density at radius 2 is 1.77 bits per heavy atom. The topological polar surface area (TPSA) is 35.0 Å². The van der Waals surface area contributed by atoms with Gasteiger partial charge in [-0.3, -0.25) is 0 Å². The largest absolute Gasteiger partial charge is 0.401 e. The van der Waals surface area contributed by atoms with Crippen LogP contribution in [-0.4, -0.2) is 16.6 Å². The summed E-state index contributed by atoms with van der Waals surface area (Å²) in [6, 6.07) is -0.292. The first-order valence-corrected chi connectivity index (χ1v) is 3.86. The predicted octanol–water partition coefficient (Wildman–Crippen LogP) is 2.20. The lowest BCUT2D eigenvalue weighted by atomic mass is 10.1. The molecule has 0 aliphatic heterocycles. The third kappa shape index (κ3) is 2.93. The monoisotopic (exact) mass is 188 g/mol. The summed E-state index contributed by atoms with van der Waals surface area (Å²) in [6.45, 7) is 1.06. The molecule has 13 heavy (non-hydrogen) atoms. The van der Waals surface area contributed by atoms with Crippen molar-refractivity contribution >= 4 is 0 Å². The molecule has 3 nitrogen and oxygen atoms in total. The number of hydrogen-bond acceptors (Lipinski definition) is 3. The molecule has 0 radical (unpaired) electrons. The average molecular weight is 188 g/mol. The molecule has 72 valence electrons. The lowest BCUT2D eigenvalue weighted by Gasteiger charge is -2.05. The highest BCUT2D eigenvalue weighted by molar-refractivity contribution is 5.11. The number of halogens is 2. The van der Waals surface area contributed by atoms with Gasteiger partial charge in [0, 0.05) is 12.4 Å². The highest BCUT2D eigenvalue weighted by Gasteiger charge is 2.07. The molecule has 0 atom stereocenters. The molecule has 0 spiro atoms. The maximum absolute atomic E-state index is 11.7. The lowest BCUT2D eigenvalue weighted by molar-refractivity contribution is -0.0561. The Kier molecular flexibility index (Phi) is 3.11. The summed E-state index contributed by atoms with van der Waals surface area (Å²) in [5, 5.41) is 0. The first-order valence-electron chi connectivity index (χ1n) is 3.86. The van der Waals surface area contributed by atoms with Crippen LogP contribution in [-0.2, 0) is 0 Å². The quantitative estimate of drug-likeness (QED) is 0.729. The van der Waals surface area contributed by atoms with Gasteiger partial charge in [-0.05, 0) is 11.5 Å². The number of nitrogens with zero attached hydrogens (tertiary/aromatic N) is 2. The van der Waals surface area contributed by atoms with Crippen LogP contribution in [0.2, 0.25) is 0 Å². The first-order chi connectivity index (χ1) is 6.09. The van der Waals surface area contributed by atoms with E-state index >= 15 is 0 Å². The second kappa shape index (κ2) is 4.11. The average Bonchev–Trinajstić information content (AvgIpc) is 2.04. The molecule has 0 bridgehead atoms. The summed E-state index contributed by atoms with van der Waals surface area (Å²) in [5.74, 6) is 0.278. The summed E-state index contributed by atoms with van der Waals surface area (Å²) in [7, 11) is 0. The van der Waals surface area contributed by atoms with Gasteiger partial charge in [-0.2, -0.15) is 8.78 Å². The second-order valence-electron chi connectivity index (χ2n) is 2.83. The first kappa shape index (κ1) is 9.83. The van der Waals surface area contributed by atoms with Crippen LogP contribution in [0.25, 0.3) is 0 Å². The fourth-order valence-corrected chi connectivity index (χ4v) is 0.765. The van der Waals surface area contributed by atoms with Crippen LogP contribution >= 0.6 is 0 Å². The van der Waals surface area contributed by atoms with Gasteiger partial charge in [-0.25, -0.2) is 9.97 Å². The van der Waals surface area contributed by atoms with E-state index in [0.29, 0.717) is 0 Å². The molecule has 0 aromatic carbocycles. The molecule has 0 saturated heterocycles. The summed E-state index contributed by atoms with van der Waals surface area (Å²) in [4.78, 5) is 7.25. The van der Waals surface area contributed by atoms with E-state index in [1.807, 2.05) is 13.8 Å². The van der Waals surface area contributed by atoms with Crippen LogP contribution in [0.3, 0.4) is 0 Å². The number of alkyl halides is 2. The van der Waals surface area contributed by atoms with Crippen LogP contribution in [0.4, 0.5) is 8.78 Å². The van der Waals surface area contributed by atoms with Crippen molar-refractivity contribution < 1.29 is 13.5 Å². The summed E-state index contributed by atoms with van der Waals surface area (Å²) in [6.07, 6.45) is 2.96. The van der Waals surface area contributed by atoms with E-state index < -0.39 is 6.61 Å². The highest BCUT2D eigenvalue weighted by atomic mass is 19.3. The van der Waals surface area contributed by atoms with E-state index in [1.54, 1.807) is 0 Å². The minimum Gasteiger partial charge on any atom is -0.401 e. The van der Waals surface area contributed by atoms with Gasteiger partial charge < -0.3 is 4.74 Å². The van der Waals surface area contributed by atoms with E-state index in [1.165, 1.54) is 12.4 Å². The number of ether oxygens (including phenoxy) is 1. The van der Waals surface area contributed by atoms with E-state index in [0.717, 1.165) is 5.56 Å². The van der Waals surface area contributed by atoms with E-state index in [4.69, 9.17) is 0 Å². The third-order valence-corrected chi connectivity index (χ3v) is 1.51. The van der Waals surface area contributed by atoms with Crippen molar-refractivity contribution in [1.82, 2.24) is 9.97 Å². The van der Waals surface area contributed by atoms with Crippen molar-refractivity contribution in [2.45, 2.75) is 26.4 Å². The Bertz CT molecular complexity index is 261. The molecule has 1 rings (SSSR count). The van der Waals surface area contributed by atoms with Gasteiger partial charge in [0.15, 0.2) is 0 Å². The van der Waals surface area contributed by atoms with Crippen molar-refractivity contribution in [3.63, 3.8) is 0 Å². The SMILES string of the molecule is CC(C)c1cnc(OC(F)F)nc1. The molecule has 5 heteroatoms. The summed E-state index contributed by atoms with van der Waals surface area (Å²) < 4.78 is 27.3. The Labute approximate surface area is 74.8 Å². The van der Waals surface area contributed by atoms with Crippen LogP contribution in [0, 0.1) is 0 Å². The van der Waals surface area contributed by atoms with Gasteiger partial charge in [0.2, 0.25) is 0 Å². The van der Waals surface area contributed by atoms with Gasteiger partial charge in [0.1, 0.15) is 0 Å². The van der Waals surface area contributed by atoms with Gasteiger partial charge >= 0.3 is 12.6 Å². The molecular formula is C8H10F2N2O. The maximum Gasteiger partial charge on any atom is 0.389 e. The standard InChI is InChI=1S/C8H10F2N2O/c1-5(2)6-3-11-8(12-4-6)13-7(9)10/h3-5,7H,1-2H3. The fraction of sp³-hybridized carbons (Fsp3) is 0.500. The third-order valence-electron chi connectivity index (χ3n) is 1.51.